The number of aromatic nitrogens is 2. The number of hydrogen-bond acceptors (Lipinski definition) is 4. The first-order chi connectivity index (χ1) is 12.0. The van der Waals surface area contributed by atoms with Crippen LogP contribution in [0, 0.1) is 12.8 Å². The van der Waals surface area contributed by atoms with Crippen molar-refractivity contribution in [2.24, 2.45) is 5.92 Å². The molecule has 2 heterocycles. The van der Waals surface area contributed by atoms with Gasteiger partial charge in [-0.3, -0.25) is 14.2 Å². The van der Waals surface area contributed by atoms with Gasteiger partial charge in [-0.05, 0) is 44.2 Å². The van der Waals surface area contributed by atoms with Gasteiger partial charge in [-0.2, -0.15) is 0 Å². The Morgan fingerprint density at radius 1 is 1.36 bits per heavy atom. The number of fused-ring (bicyclic) bond motifs is 1. The smallest absolute Gasteiger partial charge is 0.261 e. The fourth-order valence-corrected chi connectivity index (χ4v) is 3.50. The molecule has 3 rings (SSSR count). The van der Waals surface area contributed by atoms with E-state index in [2.05, 4.69) is 4.98 Å². The molecule has 1 N–H and O–H groups in total. The summed E-state index contributed by atoms with van der Waals surface area (Å²) in [6, 6.07) is 5.55. The number of rotatable bonds is 4. The van der Waals surface area contributed by atoms with Crippen molar-refractivity contribution in [1.29, 1.82) is 0 Å². The number of nitrogens with zero attached hydrogens (tertiary/aromatic N) is 3. The second kappa shape index (κ2) is 7.35. The van der Waals surface area contributed by atoms with Gasteiger partial charge in [-0.15, -0.1) is 0 Å². The molecule has 6 nitrogen and oxygen atoms in total. The predicted molar refractivity (Wildman–Crippen MR) is 96.3 cm³/mol. The van der Waals surface area contributed by atoms with Gasteiger partial charge in [0.15, 0.2) is 0 Å². The first-order valence-corrected chi connectivity index (χ1v) is 8.88. The zero-order chi connectivity index (χ0) is 18.0. The highest BCUT2D eigenvalue weighted by Crippen LogP contribution is 2.21. The van der Waals surface area contributed by atoms with Crippen LogP contribution in [0.15, 0.2) is 29.3 Å². The molecule has 1 amide bonds. The molecule has 1 aromatic carbocycles. The molecule has 0 spiro atoms. The molecule has 0 bridgehead atoms. The van der Waals surface area contributed by atoms with Crippen LogP contribution < -0.4 is 5.56 Å². The van der Waals surface area contributed by atoms with E-state index in [9.17, 15) is 14.7 Å². The van der Waals surface area contributed by atoms with Gasteiger partial charge in [0.25, 0.3) is 5.56 Å². The van der Waals surface area contributed by atoms with Crippen molar-refractivity contribution in [3.63, 3.8) is 0 Å². The van der Waals surface area contributed by atoms with Crippen LogP contribution in [-0.4, -0.2) is 44.7 Å². The number of aliphatic hydroxyl groups is 1. The first-order valence-electron chi connectivity index (χ1n) is 8.88. The molecule has 1 saturated heterocycles. The number of amides is 1. The summed E-state index contributed by atoms with van der Waals surface area (Å²) in [7, 11) is 0. The molecule has 0 saturated carbocycles. The minimum Gasteiger partial charge on any atom is -0.393 e. The topological polar surface area (TPSA) is 75.4 Å². The summed E-state index contributed by atoms with van der Waals surface area (Å²) in [5.74, 6) is 0.333. The lowest BCUT2D eigenvalue weighted by Gasteiger charge is -2.33. The maximum Gasteiger partial charge on any atom is 0.261 e. The lowest BCUT2D eigenvalue weighted by molar-refractivity contribution is -0.133. The third-order valence-corrected chi connectivity index (χ3v) is 5.20. The van der Waals surface area contributed by atoms with Gasteiger partial charge in [-0.1, -0.05) is 12.1 Å². The van der Waals surface area contributed by atoms with Crippen molar-refractivity contribution >= 4 is 16.8 Å². The Morgan fingerprint density at radius 2 is 2.08 bits per heavy atom. The second-order valence-electron chi connectivity index (χ2n) is 6.92. The molecule has 1 atom stereocenters. The van der Waals surface area contributed by atoms with Crippen molar-refractivity contribution in [1.82, 2.24) is 14.5 Å². The van der Waals surface area contributed by atoms with Crippen LogP contribution in [0.2, 0.25) is 0 Å². The molecule has 1 aliphatic rings. The Balaban J connectivity index is 1.64. The molecule has 1 fully saturated rings. The van der Waals surface area contributed by atoms with Gasteiger partial charge in [0.2, 0.25) is 5.91 Å². The quantitative estimate of drug-likeness (QED) is 0.917. The van der Waals surface area contributed by atoms with Crippen LogP contribution in [0.25, 0.3) is 10.9 Å². The summed E-state index contributed by atoms with van der Waals surface area (Å²) in [6.07, 6.45) is 3.17. The fraction of sp³-hybridized carbons (Fsp3) is 0.526. The van der Waals surface area contributed by atoms with Crippen LogP contribution in [0.1, 0.15) is 31.7 Å². The van der Waals surface area contributed by atoms with Crippen LogP contribution in [0.5, 0.6) is 0 Å². The second-order valence-corrected chi connectivity index (χ2v) is 6.92. The van der Waals surface area contributed by atoms with E-state index in [1.807, 2.05) is 30.9 Å². The van der Waals surface area contributed by atoms with E-state index in [4.69, 9.17) is 0 Å². The molecular formula is C19H25N3O3. The Kier molecular flexibility index (Phi) is 5.18. The van der Waals surface area contributed by atoms with Gasteiger partial charge < -0.3 is 10.0 Å². The molecule has 6 heteroatoms. The van der Waals surface area contributed by atoms with Crippen LogP contribution >= 0.6 is 0 Å². The SMILES string of the molecule is Cc1cccc2c(=O)n(CCC(=O)N3CCC(C(C)O)CC3)cnc12. The van der Waals surface area contributed by atoms with Crippen LogP contribution in [0.4, 0.5) is 0 Å². The van der Waals surface area contributed by atoms with E-state index in [1.165, 1.54) is 10.9 Å². The molecule has 134 valence electrons. The minimum atomic E-state index is -0.317. The van der Waals surface area contributed by atoms with Crippen molar-refractivity contribution in [3.8, 4) is 0 Å². The van der Waals surface area contributed by atoms with Gasteiger partial charge in [0.05, 0.1) is 23.3 Å². The van der Waals surface area contributed by atoms with E-state index in [-0.39, 0.29) is 29.9 Å². The van der Waals surface area contributed by atoms with E-state index in [0.717, 1.165) is 23.9 Å². The zero-order valence-corrected chi connectivity index (χ0v) is 14.8. The summed E-state index contributed by atoms with van der Waals surface area (Å²) in [4.78, 5) is 31.2. The average molecular weight is 343 g/mol. The summed E-state index contributed by atoms with van der Waals surface area (Å²) in [6.45, 7) is 5.43. The number of carbonyl (C=O) groups excluding carboxylic acids is 1. The highest BCUT2D eigenvalue weighted by molar-refractivity contribution is 5.80. The number of hydrogen-bond donors (Lipinski definition) is 1. The van der Waals surface area contributed by atoms with Gasteiger partial charge in [0, 0.05) is 26.1 Å². The number of likely N-dealkylation sites (tertiary alicyclic amines) is 1. The highest BCUT2D eigenvalue weighted by Gasteiger charge is 2.25. The summed E-state index contributed by atoms with van der Waals surface area (Å²) in [5, 5.41) is 10.2. The third-order valence-electron chi connectivity index (χ3n) is 5.20. The van der Waals surface area contributed by atoms with Gasteiger partial charge in [0.1, 0.15) is 0 Å². The Morgan fingerprint density at radius 3 is 2.76 bits per heavy atom. The predicted octanol–water partition coefficient (Wildman–Crippen LogP) is 1.71. The van der Waals surface area contributed by atoms with Crippen molar-refractivity contribution in [3.05, 3.63) is 40.4 Å². The van der Waals surface area contributed by atoms with Gasteiger partial charge >= 0.3 is 0 Å². The maximum atomic E-state index is 12.6. The number of aliphatic hydroxyl groups excluding tert-OH is 1. The van der Waals surface area contributed by atoms with Crippen LogP contribution in [-0.2, 0) is 11.3 Å². The highest BCUT2D eigenvalue weighted by atomic mass is 16.3. The van der Waals surface area contributed by atoms with Crippen molar-refractivity contribution in [2.75, 3.05) is 13.1 Å². The molecule has 0 radical (unpaired) electrons. The largest absolute Gasteiger partial charge is 0.393 e. The zero-order valence-electron chi connectivity index (χ0n) is 14.8. The van der Waals surface area contributed by atoms with Crippen molar-refractivity contribution < 1.29 is 9.90 Å². The summed E-state index contributed by atoms with van der Waals surface area (Å²) < 4.78 is 1.52. The molecule has 1 unspecified atom stereocenters. The Hall–Kier alpha value is -2.21. The molecule has 0 aliphatic carbocycles. The van der Waals surface area contributed by atoms with E-state index >= 15 is 0 Å². The molecule has 1 aromatic heterocycles. The average Bonchev–Trinajstić information content (AvgIpc) is 2.61. The minimum absolute atomic E-state index is 0.0558. The normalized spacial score (nSPS) is 17.0. The molecule has 25 heavy (non-hydrogen) atoms. The monoisotopic (exact) mass is 343 g/mol. The Bertz CT molecular complexity index is 820. The van der Waals surface area contributed by atoms with E-state index in [0.29, 0.717) is 25.0 Å². The molecule has 1 aliphatic heterocycles. The Labute approximate surface area is 147 Å². The fourth-order valence-electron chi connectivity index (χ4n) is 3.50. The number of para-hydroxylation sites is 1. The number of aryl methyl sites for hydroxylation is 2. The summed E-state index contributed by atoms with van der Waals surface area (Å²) >= 11 is 0. The lowest BCUT2D eigenvalue weighted by atomic mass is 9.92. The van der Waals surface area contributed by atoms with Crippen LogP contribution in [0.3, 0.4) is 0 Å². The van der Waals surface area contributed by atoms with E-state index < -0.39 is 0 Å². The maximum absolute atomic E-state index is 12.6. The third kappa shape index (κ3) is 3.74. The number of piperidine rings is 1. The molecule has 2 aromatic rings. The summed E-state index contributed by atoms with van der Waals surface area (Å²) in [5.41, 5.74) is 1.59. The molecular weight excluding hydrogens is 318 g/mol. The number of benzene rings is 1. The lowest BCUT2D eigenvalue weighted by Crippen LogP contribution is -2.41. The van der Waals surface area contributed by atoms with Crippen molar-refractivity contribution in [2.45, 2.75) is 45.8 Å². The van der Waals surface area contributed by atoms with Gasteiger partial charge in [-0.25, -0.2) is 4.98 Å². The standard InChI is InChI=1S/C19H25N3O3/c1-13-4-3-5-16-18(13)20-12-22(19(16)25)11-8-17(24)21-9-6-15(7-10-21)14(2)23/h3-5,12,14-15,23H,6-11H2,1-2H3. The number of carbonyl (C=O) groups is 1. The van der Waals surface area contributed by atoms with E-state index in [1.54, 1.807) is 6.07 Å². The first kappa shape index (κ1) is 17.6.